The Morgan fingerprint density at radius 1 is 1.47 bits per heavy atom. The van der Waals surface area contributed by atoms with Crippen LogP contribution in [0.3, 0.4) is 0 Å². The van der Waals surface area contributed by atoms with Gasteiger partial charge in [-0.05, 0) is 35.6 Å². The summed E-state index contributed by atoms with van der Waals surface area (Å²) in [5.41, 5.74) is 1.85. The third-order valence-corrected chi connectivity index (χ3v) is 4.39. The number of carbonyl (C=O) groups is 1. The predicted octanol–water partition coefficient (Wildman–Crippen LogP) is 2.33. The smallest absolute Gasteiger partial charge is 0.325 e. The van der Waals surface area contributed by atoms with Crippen LogP contribution in [0.25, 0.3) is 0 Å². The molecule has 1 aliphatic heterocycles. The zero-order valence-corrected chi connectivity index (χ0v) is 11.1. The quantitative estimate of drug-likeness (QED) is 0.933. The molecule has 0 saturated heterocycles. The van der Waals surface area contributed by atoms with Crippen molar-refractivity contribution in [2.24, 2.45) is 0 Å². The van der Waals surface area contributed by atoms with Crippen molar-refractivity contribution in [3.05, 3.63) is 52.0 Å². The van der Waals surface area contributed by atoms with Gasteiger partial charge in [0.15, 0.2) is 0 Å². The van der Waals surface area contributed by atoms with E-state index in [1.807, 2.05) is 34.5 Å². The first-order chi connectivity index (χ1) is 9.25. The average Bonchev–Trinajstić information content (AvgIpc) is 2.87. The Morgan fingerprint density at radius 3 is 3.11 bits per heavy atom. The number of fused-ring (bicyclic) bond motifs is 1. The van der Waals surface area contributed by atoms with Crippen molar-refractivity contribution in [3.8, 4) is 0 Å². The molecule has 0 radical (unpaired) electrons. The number of hydrogen-bond donors (Lipinski definition) is 1. The van der Waals surface area contributed by atoms with Crippen LogP contribution >= 0.6 is 11.3 Å². The largest absolute Gasteiger partial charge is 0.480 e. The predicted molar refractivity (Wildman–Crippen MR) is 73.0 cm³/mol. The Hall–Kier alpha value is -1.72. The highest BCUT2D eigenvalue weighted by atomic mass is 32.1. The van der Waals surface area contributed by atoms with Crippen LogP contribution < -0.4 is 0 Å². The number of hydrogen-bond acceptors (Lipinski definition) is 4. The van der Waals surface area contributed by atoms with E-state index in [-0.39, 0.29) is 0 Å². The molecule has 2 aromatic heterocycles. The molecule has 1 atom stereocenters. The minimum Gasteiger partial charge on any atom is -0.480 e. The van der Waals surface area contributed by atoms with Crippen molar-refractivity contribution < 1.29 is 9.90 Å². The van der Waals surface area contributed by atoms with Crippen molar-refractivity contribution in [2.75, 3.05) is 6.54 Å². The lowest BCUT2D eigenvalue weighted by atomic mass is 10.00. The molecule has 3 rings (SSSR count). The number of aliphatic carboxylic acids is 1. The van der Waals surface area contributed by atoms with Gasteiger partial charge in [-0.1, -0.05) is 6.07 Å². The van der Waals surface area contributed by atoms with Gasteiger partial charge in [0.25, 0.3) is 0 Å². The maximum atomic E-state index is 11.6. The lowest BCUT2D eigenvalue weighted by Crippen LogP contribution is -2.38. The Balaban J connectivity index is 1.88. The fraction of sp³-hybridized carbons (Fsp3) is 0.286. The number of rotatable bonds is 3. The number of carboxylic acid groups (broad SMARTS) is 1. The lowest BCUT2D eigenvalue weighted by Gasteiger charge is -2.32. The molecule has 0 aromatic carbocycles. The third kappa shape index (κ3) is 2.39. The molecule has 5 heteroatoms. The molecule has 3 heterocycles. The third-order valence-electron chi connectivity index (χ3n) is 3.39. The highest BCUT2D eigenvalue weighted by molar-refractivity contribution is 7.10. The lowest BCUT2D eigenvalue weighted by molar-refractivity contribution is -0.144. The van der Waals surface area contributed by atoms with E-state index < -0.39 is 12.0 Å². The van der Waals surface area contributed by atoms with E-state index in [4.69, 9.17) is 0 Å². The molecule has 98 valence electrons. The number of aromatic nitrogens is 1. The van der Waals surface area contributed by atoms with E-state index in [9.17, 15) is 9.90 Å². The van der Waals surface area contributed by atoms with Gasteiger partial charge in [0.05, 0.1) is 5.69 Å². The van der Waals surface area contributed by atoms with Crippen LogP contribution in [0, 0.1) is 0 Å². The van der Waals surface area contributed by atoms with E-state index in [2.05, 4.69) is 4.98 Å². The van der Waals surface area contributed by atoms with Gasteiger partial charge in [-0.3, -0.25) is 14.7 Å². The monoisotopic (exact) mass is 274 g/mol. The maximum Gasteiger partial charge on any atom is 0.325 e. The highest BCUT2D eigenvalue weighted by Crippen LogP contribution is 2.34. The van der Waals surface area contributed by atoms with E-state index in [0.29, 0.717) is 6.54 Å². The molecule has 2 aromatic rings. The van der Waals surface area contributed by atoms with Crippen molar-refractivity contribution >= 4 is 17.3 Å². The molecule has 0 bridgehead atoms. The first-order valence-electron chi connectivity index (χ1n) is 6.19. The Kier molecular flexibility index (Phi) is 3.31. The van der Waals surface area contributed by atoms with Gasteiger partial charge in [0, 0.05) is 24.2 Å². The molecule has 1 N–H and O–H groups in total. The van der Waals surface area contributed by atoms with E-state index in [0.717, 1.165) is 24.2 Å². The zero-order chi connectivity index (χ0) is 13.2. The van der Waals surface area contributed by atoms with Crippen LogP contribution in [0.1, 0.15) is 22.2 Å². The van der Waals surface area contributed by atoms with E-state index >= 15 is 0 Å². The van der Waals surface area contributed by atoms with Gasteiger partial charge < -0.3 is 5.11 Å². The Labute approximate surface area is 115 Å². The van der Waals surface area contributed by atoms with Crippen LogP contribution in [0.5, 0.6) is 0 Å². The molecule has 1 unspecified atom stereocenters. The highest BCUT2D eigenvalue weighted by Gasteiger charge is 2.33. The van der Waals surface area contributed by atoms with Gasteiger partial charge in [-0.2, -0.15) is 0 Å². The van der Waals surface area contributed by atoms with Gasteiger partial charge >= 0.3 is 5.97 Å². The summed E-state index contributed by atoms with van der Waals surface area (Å²) in [6.07, 6.45) is 2.66. The van der Waals surface area contributed by atoms with E-state index in [1.54, 1.807) is 17.5 Å². The molecular formula is C14H14N2O2S. The summed E-state index contributed by atoms with van der Waals surface area (Å²) in [4.78, 5) is 19.0. The number of carboxylic acids is 1. The molecule has 19 heavy (non-hydrogen) atoms. The molecular weight excluding hydrogens is 260 g/mol. The summed E-state index contributed by atoms with van der Waals surface area (Å²) in [7, 11) is 0. The molecule has 1 aliphatic rings. The normalized spacial score (nSPS) is 19.1. The van der Waals surface area contributed by atoms with Crippen molar-refractivity contribution in [2.45, 2.75) is 19.0 Å². The zero-order valence-electron chi connectivity index (χ0n) is 10.3. The standard InChI is InChI=1S/C14H14N2O2S/c17-14(18)13-11-5-8-19-12(11)4-7-16(13)9-10-3-1-2-6-15-10/h1-3,5-6,8,13H,4,7,9H2,(H,17,18). The average molecular weight is 274 g/mol. The maximum absolute atomic E-state index is 11.6. The fourth-order valence-corrected chi connectivity index (χ4v) is 3.43. The van der Waals surface area contributed by atoms with Crippen LogP contribution in [-0.4, -0.2) is 27.5 Å². The van der Waals surface area contributed by atoms with Crippen LogP contribution in [0.15, 0.2) is 35.8 Å². The topological polar surface area (TPSA) is 53.4 Å². The number of pyridine rings is 1. The second-order valence-electron chi connectivity index (χ2n) is 4.58. The van der Waals surface area contributed by atoms with Gasteiger partial charge in [-0.15, -0.1) is 11.3 Å². The second kappa shape index (κ2) is 5.11. The van der Waals surface area contributed by atoms with Gasteiger partial charge in [0.2, 0.25) is 0 Å². The van der Waals surface area contributed by atoms with E-state index in [1.165, 1.54) is 4.88 Å². The van der Waals surface area contributed by atoms with Crippen molar-refractivity contribution in [1.82, 2.24) is 9.88 Å². The summed E-state index contributed by atoms with van der Waals surface area (Å²) in [5, 5.41) is 11.5. The molecule has 0 amide bonds. The first kappa shape index (κ1) is 12.3. The number of nitrogens with zero attached hydrogens (tertiary/aromatic N) is 2. The molecule has 4 nitrogen and oxygen atoms in total. The summed E-state index contributed by atoms with van der Waals surface area (Å²) in [6, 6.07) is 7.12. The summed E-state index contributed by atoms with van der Waals surface area (Å²) >= 11 is 1.65. The Morgan fingerprint density at radius 2 is 2.37 bits per heavy atom. The number of thiophene rings is 1. The van der Waals surface area contributed by atoms with Crippen LogP contribution in [0.2, 0.25) is 0 Å². The molecule has 0 aliphatic carbocycles. The van der Waals surface area contributed by atoms with Gasteiger partial charge in [-0.25, -0.2) is 0 Å². The molecule has 0 spiro atoms. The van der Waals surface area contributed by atoms with Crippen molar-refractivity contribution in [3.63, 3.8) is 0 Å². The SMILES string of the molecule is O=C(O)C1c2ccsc2CCN1Cc1ccccn1. The van der Waals surface area contributed by atoms with Crippen LogP contribution in [-0.2, 0) is 17.8 Å². The molecule has 0 fully saturated rings. The summed E-state index contributed by atoms with van der Waals surface area (Å²) < 4.78 is 0. The minimum atomic E-state index is -0.782. The minimum absolute atomic E-state index is 0.544. The van der Waals surface area contributed by atoms with Gasteiger partial charge in [0.1, 0.15) is 6.04 Å². The van der Waals surface area contributed by atoms with Crippen molar-refractivity contribution in [1.29, 1.82) is 0 Å². The first-order valence-corrected chi connectivity index (χ1v) is 7.06. The summed E-state index contributed by atoms with van der Waals surface area (Å²) in [5.74, 6) is -0.782. The summed E-state index contributed by atoms with van der Waals surface area (Å²) in [6.45, 7) is 1.34. The molecule has 0 saturated carbocycles. The fourth-order valence-electron chi connectivity index (χ4n) is 2.53. The van der Waals surface area contributed by atoms with Crippen LogP contribution in [0.4, 0.5) is 0 Å². The second-order valence-corrected chi connectivity index (χ2v) is 5.58. The Bertz CT molecular complexity index is 582.